The molecular weight excluding hydrogens is 264 g/mol. The van der Waals surface area contributed by atoms with Gasteiger partial charge in [0.25, 0.3) is 5.91 Å². The lowest BCUT2D eigenvalue weighted by Gasteiger charge is -2.19. The van der Waals surface area contributed by atoms with Crippen LogP contribution < -0.4 is 15.0 Å². The van der Waals surface area contributed by atoms with Crippen molar-refractivity contribution in [3.8, 4) is 5.88 Å². The second-order valence-electron chi connectivity index (χ2n) is 3.94. The van der Waals surface area contributed by atoms with Crippen LogP contribution in [0, 0.1) is 0 Å². The number of amides is 1. The molecular formula is C12H14N4O2S. The number of ether oxygens (including phenoxy) is 1. The van der Waals surface area contributed by atoms with E-state index in [9.17, 15) is 4.79 Å². The van der Waals surface area contributed by atoms with Gasteiger partial charge in [-0.2, -0.15) is 0 Å². The number of nitrogens with one attached hydrogen (secondary N) is 1. The number of carbonyl (C=O) groups excluding carboxylic acids is 1. The smallest absolute Gasteiger partial charge is 0.275 e. The molecule has 2 heterocycles. The third-order valence-electron chi connectivity index (χ3n) is 2.47. The Balaban J connectivity index is 2.35. The molecule has 0 aliphatic rings. The highest BCUT2D eigenvalue weighted by Crippen LogP contribution is 2.32. The van der Waals surface area contributed by atoms with Gasteiger partial charge in [0.2, 0.25) is 5.88 Å². The zero-order valence-electron chi connectivity index (χ0n) is 10.9. The van der Waals surface area contributed by atoms with E-state index in [1.54, 1.807) is 23.2 Å². The Hall–Kier alpha value is -2.15. The number of hydrogen-bond acceptors (Lipinski definition) is 6. The van der Waals surface area contributed by atoms with Crippen LogP contribution in [0.2, 0.25) is 0 Å². The SMILES string of the molecule is COc1nccc(N(C)C)c1NC(=O)c1cscn1. The second kappa shape index (κ2) is 5.66. The molecule has 2 aromatic heterocycles. The number of hydrogen-bond donors (Lipinski definition) is 1. The van der Waals surface area contributed by atoms with Crippen molar-refractivity contribution in [3.05, 3.63) is 28.8 Å². The van der Waals surface area contributed by atoms with E-state index in [2.05, 4.69) is 15.3 Å². The van der Waals surface area contributed by atoms with Crippen molar-refractivity contribution >= 4 is 28.6 Å². The summed E-state index contributed by atoms with van der Waals surface area (Å²) in [7, 11) is 5.28. The third-order valence-corrected chi connectivity index (χ3v) is 3.06. The molecule has 0 saturated carbocycles. The topological polar surface area (TPSA) is 67.3 Å². The molecule has 0 fully saturated rings. The molecule has 100 valence electrons. The highest BCUT2D eigenvalue weighted by molar-refractivity contribution is 7.07. The number of rotatable bonds is 4. The fourth-order valence-corrected chi connectivity index (χ4v) is 2.11. The minimum Gasteiger partial charge on any atom is -0.479 e. The molecule has 6 nitrogen and oxygen atoms in total. The Morgan fingerprint density at radius 3 is 2.79 bits per heavy atom. The summed E-state index contributed by atoms with van der Waals surface area (Å²) in [6.45, 7) is 0. The molecule has 0 aliphatic heterocycles. The first-order chi connectivity index (χ1) is 9.13. The van der Waals surface area contributed by atoms with E-state index in [0.29, 0.717) is 17.3 Å². The molecule has 0 aliphatic carbocycles. The minimum atomic E-state index is -0.282. The molecule has 0 unspecified atom stereocenters. The molecule has 0 atom stereocenters. The first kappa shape index (κ1) is 13.3. The molecule has 0 saturated heterocycles. The predicted octanol–water partition coefficient (Wildman–Crippen LogP) is 1.86. The standard InChI is InChI=1S/C12H14N4O2S/c1-16(2)9-4-5-13-12(18-3)10(9)15-11(17)8-6-19-7-14-8/h4-7H,1-3H3,(H,15,17). The molecule has 0 bridgehead atoms. The van der Waals surface area contributed by atoms with Gasteiger partial charge in [0.15, 0.2) is 0 Å². The maximum atomic E-state index is 12.0. The number of methoxy groups -OCH3 is 1. The van der Waals surface area contributed by atoms with Gasteiger partial charge in [-0.1, -0.05) is 0 Å². The van der Waals surface area contributed by atoms with E-state index in [1.807, 2.05) is 19.0 Å². The van der Waals surface area contributed by atoms with E-state index in [-0.39, 0.29) is 5.91 Å². The van der Waals surface area contributed by atoms with Crippen molar-refractivity contribution in [2.24, 2.45) is 0 Å². The maximum absolute atomic E-state index is 12.0. The van der Waals surface area contributed by atoms with Gasteiger partial charge in [0.05, 0.1) is 18.3 Å². The largest absolute Gasteiger partial charge is 0.479 e. The van der Waals surface area contributed by atoms with Crippen LogP contribution in [0.5, 0.6) is 5.88 Å². The Morgan fingerprint density at radius 1 is 1.42 bits per heavy atom. The number of pyridine rings is 1. The molecule has 0 spiro atoms. The fraction of sp³-hybridized carbons (Fsp3) is 0.250. The van der Waals surface area contributed by atoms with Gasteiger partial charge in [-0.25, -0.2) is 9.97 Å². The van der Waals surface area contributed by atoms with E-state index >= 15 is 0 Å². The van der Waals surface area contributed by atoms with E-state index < -0.39 is 0 Å². The summed E-state index contributed by atoms with van der Waals surface area (Å²) < 4.78 is 5.18. The Morgan fingerprint density at radius 2 is 2.21 bits per heavy atom. The van der Waals surface area contributed by atoms with Crippen molar-refractivity contribution in [1.82, 2.24) is 9.97 Å². The number of aromatic nitrogens is 2. The van der Waals surface area contributed by atoms with E-state index in [0.717, 1.165) is 5.69 Å². The fourth-order valence-electron chi connectivity index (χ4n) is 1.58. The van der Waals surface area contributed by atoms with Crippen LogP contribution >= 0.6 is 11.3 Å². The molecule has 7 heteroatoms. The normalized spacial score (nSPS) is 10.1. The highest BCUT2D eigenvalue weighted by Gasteiger charge is 2.16. The summed E-state index contributed by atoms with van der Waals surface area (Å²) in [5.74, 6) is 0.0884. The van der Waals surface area contributed by atoms with Gasteiger partial charge in [-0.05, 0) is 6.07 Å². The molecule has 19 heavy (non-hydrogen) atoms. The van der Waals surface area contributed by atoms with Gasteiger partial charge in [-0.15, -0.1) is 11.3 Å². The lowest BCUT2D eigenvalue weighted by Crippen LogP contribution is -2.18. The van der Waals surface area contributed by atoms with E-state index in [1.165, 1.54) is 18.4 Å². The summed E-state index contributed by atoms with van der Waals surface area (Å²) in [5, 5.41) is 4.48. The van der Waals surface area contributed by atoms with Crippen molar-refractivity contribution in [3.63, 3.8) is 0 Å². The van der Waals surface area contributed by atoms with Crippen LogP contribution in [0.4, 0.5) is 11.4 Å². The van der Waals surface area contributed by atoms with Gasteiger partial charge in [0.1, 0.15) is 11.4 Å². The summed E-state index contributed by atoms with van der Waals surface area (Å²) in [6, 6.07) is 1.80. The quantitative estimate of drug-likeness (QED) is 0.924. The molecule has 2 aromatic rings. The van der Waals surface area contributed by atoms with Gasteiger partial charge < -0.3 is 15.0 Å². The van der Waals surface area contributed by atoms with Crippen molar-refractivity contribution in [2.75, 3.05) is 31.4 Å². The summed E-state index contributed by atoms with van der Waals surface area (Å²) in [6.07, 6.45) is 1.63. The lowest BCUT2D eigenvalue weighted by molar-refractivity contribution is 0.102. The summed E-state index contributed by atoms with van der Waals surface area (Å²) >= 11 is 1.37. The van der Waals surface area contributed by atoms with Crippen LogP contribution in [0.25, 0.3) is 0 Å². The number of nitrogens with zero attached hydrogens (tertiary/aromatic N) is 3. The Bertz CT molecular complexity index is 569. The molecule has 0 radical (unpaired) electrons. The highest BCUT2D eigenvalue weighted by atomic mass is 32.1. The third kappa shape index (κ3) is 2.82. The van der Waals surface area contributed by atoms with Crippen LogP contribution in [-0.2, 0) is 0 Å². The maximum Gasteiger partial charge on any atom is 0.275 e. The Kier molecular flexibility index (Phi) is 3.96. The zero-order valence-corrected chi connectivity index (χ0v) is 11.7. The van der Waals surface area contributed by atoms with Crippen molar-refractivity contribution < 1.29 is 9.53 Å². The van der Waals surface area contributed by atoms with Gasteiger partial charge >= 0.3 is 0 Å². The summed E-state index contributed by atoms with van der Waals surface area (Å²) in [4.78, 5) is 22.0. The second-order valence-corrected chi connectivity index (χ2v) is 4.66. The number of anilines is 2. The van der Waals surface area contributed by atoms with Gasteiger partial charge in [-0.3, -0.25) is 4.79 Å². The molecule has 1 N–H and O–H groups in total. The minimum absolute atomic E-state index is 0.282. The first-order valence-electron chi connectivity index (χ1n) is 5.53. The lowest BCUT2D eigenvalue weighted by atomic mass is 10.3. The number of thiazole rings is 1. The average molecular weight is 278 g/mol. The van der Waals surface area contributed by atoms with Crippen LogP contribution in [0.15, 0.2) is 23.2 Å². The van der Waals surface area contributed by atoms with Crippen LogP contribution in [-0.4, -0.2) is 37.1 Å². The molecule has 2 rings (SSSR count). The van der Waals surface area contributed by atoms with E-state index in [4.69, 9.17) is 4.74 Å². The summed E-state index contributed by atoms with van der Waals surface area (Å²) in [5.41, 5.74) is 3.34. The van der Waals surface area contributed by atoms with Crippen LogP contribution in [0.1, 0.15) is 10.5 Å². The average Bonchev–Trinajstić information content (AvgIpc) is 2.92. The Labute approximate surface area is 115 Å². The molecule has 0 aromatic carbocycles. The predicted molar refractivity (Wildman–Crippen MR) is 75.2 cm³/mol. The van der Waals surface area contributed by atoms with Crippen molar-refractivity contribution in [2.45, 2.75) is 0 Å². The number of carbonyl (C=O) groups is 1. The van der Waals surface area contributed by atoms with Gasteiger partial charge in [0, 0.05) is 25.7 Å². The first-order valence-corrected chi connectivity index (χ1v) is 6.47. The monoisotopic (exact) mass is 278 g/mol. The van der Waals surface area contributed by atoms with Crippen LogP contribution in [0.3, 0.4) is 0 Å². The molecule has 1 amide bonds. The van der Waals surface area contributed by atoms with Crippen molar-refractivity contribution in [1.29, 1.82) is 0 Å². The zero-order chi connectivity index (χ0) is 13.8.